The van der Waals surface area contributed by atoms with Crippen LogP contribution in [0.2, 0.25) is 0 Å². The van der Waals surface area contributed by atoms with E-state index in [1.807, 2.05) is 0 Å². The predicted octanol–water partition coefficient (Wildman–Crippen LogP) is 2.89. The summed E-state index contributed by atoms with van der Waals surface area (Å²) >= 11 is 0. The summed E-state index contributed by atoms with van der Waals surface area (Å²) in [5.41, 5.74) is 5.86. The Balaban J connectivity index is 2.03. The Kier molecular flexibility index (Phi) is 4.30. The molecule has 0 saturated heterocycles. The number of amides is 1. The van der Waals surface area contributed by atoms with E-state index in [4.69, 9.17) is 5.73 Å². The molecule has 2 aromatic rings. The molecule has 0 spiro atoms. The summed E-state index contributed by atoms with van der Waals surface area (Å²) in [4.78, 5) is 15.8. The van der Waals surface area contributed by atoms with Crippen molar-refractivity contribution in [3.63, 3.8) is 0 Å². The molecule has 112 valence electrons. The van der Waals surface area contributed by atoms with Gasteiger partial charge in [0.05, 0.1) is 0 Å². The summed E-state index contributed by atoms with van der Waals surface area (Å²) in [7, 11) is 0. The number of nitrogen functional groups attached to an aromatic ring is 1. The molecule has 0 aliphatic heterocycles. The highest BCUT2D eigenvalue weighted by atomic mass is 19.4. The summed E-state index contributed by atoms with van der Waals surface area (Å²) in [6, 6.07) is 8.73. The van der Waals surface area contributed by atoms with Crippen LogP contribution in [-0.2, 0) is 0 Å². The van der Waals surface area contributed by atoms with Crippen molar-refractivity contribution in [3.8, 4) is 0 Å². The summed E-state index contributed by atoms with van der Waals surface area (Å²) < 4.78 is 36.0. The second-order valence-corrected chi connectivity index (χ2v) is 4.59. The van der Waals surface area contributed by atoms with Gasteiger partial charge >= 0.3 is 6.18 Å². The number of nitrogens with one attached hydrogen (secondary N) is 1. The number of hydrogen-bond acceptors (Lipinski definition) is 3. The number of carbonyl (C=O) groups excluding carboxylic acids is 1. The minimum absolute atomic E-state index is 0.0627. The van der Waals surface area contributed by atoms with Crippen LogP contribution in [0, 0.1) is 0 Å². The van der Waals surface area contributed by atoms with E-state index in [0.717, 1.165) is 10.8 Å². The Morgan fingerprint density at radius 1 is 1.29 bits per heavy atom. The first-order valence-corrected chi connectivity index (χ1v) is 6.37. The summed E-state index contributed by atoms with van der Waals surface area (Å²) in [6.45, 7) is -0.0627. The molecule has 3 N–H and O–H groups in total. The Bertz CT molecular complexity index is 655. The van der Waals surface area contributed by atoms with Crippen LogP contribution in [0.5, 0.6) is 0 Å². The van der Waals surface area contributed by atoms with E-state index in [1.54, 1.807) is 30.3 Å². The van der Waals surface area contributed by atoms with Gasteiger partial charge < -0.3 is 11.1 Å². The van der Waals surface area contributed by atoms with E-state index < -0.39 is 18.5 Å². The standard InChI is InChI=1S/C14H14F3N3O/c15-14(16,17)6-3-7-19-13(21)11-8-9-4-1-2-5-10(9)12(18)20-11/h1-2,4-5,8H,3,6-7H2,(H2,18,20)(H,19,21). The van der Waals surface area contributed by atoms with Crippen LogP contribution in [0.15, 0.2) is 30.3 Å². The van der Waals surface area contributed by atoms with Crippen molar-refractivity contribution in [1.82, 2.24) is 10.3 Å². The maximum atomic E-state index is 12.0. The van der Waals surface area contributed by atoms with Crippen molar-refractivity contribution in [2.45, 2.75) is 19.0 Å². The quantitative estimate of drug-likeness (QED) is 0.853. The highest BCUT2D eigenvalue weighted by Crippen LogP contribution is 2.21. The molecule has 4 nitrogen and oxygen atoms in total. The van der Waals surface area contributed by atoms with Crippen molar-refractivity contribution in [3.05, 3.63) is 36.0 Å². The average Bonchev–Trinajstić information content (AvgIpc) is 2.42. The molecule has 0 unspecified atom stereocenters. The van der Waals surface area contributed by atoms with Crippen LogP contribution in [-0.4, -0.2) is 23.6 Å². The van der Waals surface area contributed by atoms with E-state index >= 15 is 0 Å². The number of hydrogen-bond donors (Lipinski definition) is 2. The summed E-state index contributed by atoms with van der Waals surface area (Å²) in [5, 5.41) is 3.89. The fourth-order valence-electron chi connectivity index (χ4n) is 1.92. The lowest BCUT2D eigenvalue weighted by molar-refractivity contribution is -0.135. The van der Waals surface area contributed by atoms with Crippen molar-refractivity contribution in [2.24, 2.45) is 0 Å². The highest BCUT2D eigenvalue weighted by molar-refractivity contribution is 5.99. The molecule has 7 heteroatoms. The number of pyridine rings is 1. The minimum Gasteiger partial charge on any atom is -0.383 e. The molecule has 0 atom stereocenters. The largest absolute Gasteiger partial charge is 0.389 e. The third-order valence-corrected chi connectivity index (χ3v) is 2.93. The molecule has 2 rings (SSSR count). The van der Waals surface area contributed by atoms with E-state index in [-0.39, 0.29) is 24.5 Å². The van der Waals surface area contributed by atoms with E-state index in [0.29, 0.717) is 0 Å². The van der Waals surface area contributed by atoms with Gasteiger partial charge in [-0.1, -0.05) is 24.3 Å². The van der Waals surface area contributed by atoms with Crippen LogP contribution >= 0.6 is 0 Å². The molecule has 1 amide bonds. The predicted molar refractivity (Wildman–Crippen MR) is 73.8 cm³/mol. The van der Waals surface area contributed by atoms with Gasteiger partial charge in [0.2, 0.25) is 0 Å². The zero-order valence-corrected chi connectivity index (χ0v) is 11.1. The number of aromatic nitrogens is 1. The van der Waals surface area contributed by atoms with Gasteiger partial charge in [-0.05, 0) is 17.9 Å². The van der Waals surface area contributed by atoms with Crippen molar-refractivity contribution >= 4 is 22.5 Å². The molecular formula is C14H14F3N3O. The normalized spacial score (nSPS) is 11.6. The van der Waals surface area contributed by atoms with Gasteiger partial charge in [-0.15, -0.1) is 0 Å². The summed E-state index contributed by atoms with van der Waals surface area (Å²) in [5.74, 6) is -0.317. The number of nitrogens with zero attached hydrogens (tertiary/aromatic N) is 1. The van der Waals surface area contributed by atoms with Gasteiger partial charge in [-0.3, -0.25) is 4.79 Å². The van der Waals surface area contributed by atoms with Gasteiger partial charge in [0.15, 0.2) is 0 Å². The van der Waals surface area contributed by atoms with Crippen molar-refractivity contribution in [1.29, 1.82) is 0 Å². The maximum Gasteiger partial charge on any atom is 0.389 e. The molecule has 0 aliphatic rings. The van der Waals surface area contributed by atoms with Gasteiger partial charge in [0, 0.05) is 18.4 Å². The molecule has 0 saturated carbocycles. The van der Waals surface area contributed by atoms with Gasteiger partial charge in [0.25, 0.3) is 5.91 Å². The monoisotopic (exact) mass is 297 g/mol. The third kappa shape index (κ3) is 4.08. The van der Waals surface area contributed by atoms with Crippen LogP contribution in [0.4, 0.5) is 19.0 Å². The lowest BCUT2D eigenvalue weighted by Crippen LogP contribution is -2.26. The zero-order valence-electron chi connectivity index (χ0n) is 11.1. The first-order chi connectivity index (χ1) is 9.87. The van der Waals surface area contributed by atoms with E-state index in [2.05, 4.69) is 10.3 Å². The Labute approximate surface area is 119 Å². The molecule has 0 bridgehead atoms. The van der Waals surface area contributed by atoms with E-state index in [1.165, 1.54) is 0 Å². The highest BCUT2D eigenvalue weighted by Gasteiger charge is 2.26. The van der Waals surface area contributed by atoms with Gasteiger partial charge in [0.1, 0.15) is 11.5 Å². The van der Waals surface area contributed by atoms with Crippen LogP contribution < -0.4 is 11.1 Å². The summed E-state index contributed by atoms with van der Waals surface area (Å²) in [6.07, 6.45) is -5.31. The number of halogens is 3. The van der Waals surface area contributed by atoms with E-state index in [9.17, 15) is 18.0 Å². The molecule has 0 fully saturated rings. The van der Waals surface area contributed by atoms with Gasteiger partial charge in [-0.25, -0.2) is 4.98 Å². The van der Waals surface area contributed by atoms with Crippen molar-refractivity contribution in [2.75, 3.05) is 12.3 Å². The van der Waals surface area contributed by atoms with Gasteiger partial charge in [-0.2, -0.15) is 13.2 Å². The molecular weight excluding hydrogens is 283 g/mol. The molecule has 0 radical (unpaired) electrons. The minimum atomic E-state index is -4.21. The second kappa shape index (κ2) is 5.99. The number of benzene rings is 1. The van der Waals surface area contributed by atoms with Crippen LogP contribution in [0.25, 0.3) is 10.8 Å². The zero-order chi connectivity index (χ0) is 15.5. The molecule has 1 heterocycles. The number of fused-ring (bicyclic) bond motifs is 1. The first kappa shape index (κ1) is 15.1. The lowest BCUT2D eigenvalue weighted by Gasteiger charge is -2.08. The first-order valence-electron chi connectivity index (χ1n) is 6.37. The number of alkyl halides is 3. The van der Waals surface area contributed by atoms with Crippen molar-refractivity contribution < 1.29 is 18.0 Å². The Hall–Kier alpha value is -2.31. The lowest BCUT2D eigenvalue weighted by atomic mass is 10.1. The smallest absolute Gasteiger partial charge is 0.383 e. The molecule has 1 aromatic heterocycles. The molecule has 21 heavy (non-hydrogen) atoms. The fourth-order valence-corrected chi connectivity index (χ4v) is 1.92. The SMILES string of the molecule is Nc1nc(C(=O)NCCCC(F)(F)F)cc2ccccc12. The Morgan fingerprint density at radius 3 is 2.71 bits per heavy atom. The number of nitrogens with two attached hydrogens (primary N) is 1. The van der Waals surface area contributed by atoms with Crippen LogP contribution in [0.3, 0.4) is 0 Å². The number of carbonyl (C=O) groups is 1. The Morgan fingerprint density at radius 2 is 2.00 bits per heavy atom. The average molecular weight is 297 g/mol. The molecule has 1 aromatic carbocycles. The number of anilines is 1. The maximum absolute atomic E-state index is 12.0. The third-order valence-electron chi connectivity index (χ3n) is 2.93. The van der Waals surface area contributed by atoms with Crippen LogP contribution in [0.1, 0.15) is 23.3 Å². The fraction of sp³-hybridized carbons (Fsp3) is 0.286. The molecule has 0 aliphatic carbocycles. The topological polar surface area (TPSA) is 68.0 Å². The number of rotatable bonds is 4. The second-order valence-electron chi connectivity index (χ2n) is 4.59.